The molecule has 2 rings (SSSR count). The lowest BCUT2D eigenvalue weighted by Gasteiger charge is -2.31. The monoisotopic (exact) mass is 373 g/mol. The second-order valence-electron chi connectivity index (χ2n) is 5.21. The number of hydrogen-bond donors (Lipinski definition) is 2. The van der Waals surface area contributed by atoms with Gasteiger partial charge in [0.15, 0.2) is 0 Å². The highest BCUT2D eigenvalue weighted by molar-refractivity contribution is 5.93. The van der Waals surface area contributed by atoms with Crippen LogP contribution in [0.1, 0.15) is 26.8 Å². The molecule has 1 atom stereocenters. The van der Waals surface area contributed by atoms with Gasteiger partial charge in [0.25, 0.3) is 0 Å². The fourth-order valence-corrected chi connectivity index (χ4v) is 2.29. The average Bonchev–Trinajstić information content (AvgIpc) is 2.87. The molecule has 0 radical (unpaired) electrons. The van der Waals surface area contributed by atoms with Crippen LogP contribution in [-0.4, -0.2) is 52.8 Å². The lowest BCUT2D eigenvalue weighted by Crippen LogP contribution is -2.51. The van der Waals surface area contributed by atoms with E-state index in [0.29, 0.717) is 0 Å². The summed E-state index contributed by atoms with van der Waals surface area (Å²) < 4.78 is 1.82. The van der Waals surface area contributed by atoms with Crippen molar-refractivity contribution in [1.82, 2.24) is 20.0 Å². The van der Waals surface area contributed by atoms with Gasteiger partial charge in [-0.2, -0.15) is 5.10 Å². The molecule has 1 fully saturated rings. The summed E-state index contributed by atoms with van der Waals surface area (Å²) in [5.41, 5.74) is 0. The van der Waals surface area contributed by atoms with Crippen LogP contribution in [0.25, 0.3) is 0 Å². The highest BCUT2D eigenvalue weighted by Gasteiger charge is 2.23. The summed E-state index contributed by atoms with van der Waals surface area (Å²) in [7, 11) is 0. The summed E-state index contributed by atoms with van der Waals surface area (Å²) in [5, 5.41) is 10.5. The highest BCUT2D eigenvalue weighted by Crippen LogP contribution is 2.14. The first-order valence-corrected chi connectivity index (χ1v) is 6.88. The molecule has 1 aromatic heterocycles. The van der Waals surface area contributed by atoms with Crippen LogP contribution < -0.4 is 10.6 Å². The molecular formula is C13H26Cl3N5O. The Labute approximate surface area is 150 Å². The summed E-state index contributed by atoms with van der Waals surface area (Å²) in [4.78, 5) is 14.5. The van der Waals surface area contributed by atoms with Crippen LogP contribution in [-0.2, 0) is 4.79 Å². The third-order valence-electron chi connectivity index (χ3n) is 3.49. The highest BCUT2D eigenvalue weighted by atomic mass is 35.5. The van der Waals surface area contributed by atoms with Crippen molar-refractivity contribution in [2.75, 3.05) is 31.5 Å². The van der Waals surface area contributed by atoms with E-state index in [1.165, 1.54) is 0 Å². The van der Waals surface area contributed by atoms with Crippen LogP contribution in [0.4, 0.5) is 5.82 Å². The first-order chi connectivity index (χ1) is 9.09. The lowest BCUT2D eigenvalue weighted by molar-refractivity contribution is -0.121. The van der Waals surface area contributed by atoms with Crippen molar-refractivity contribution >= 4 is 48.9 Å². The van der Waals surface area contributed by atoms with E-state index in [9.17, 15) is 4.79 Å². The van der Waals surface area contributed by atoms with Crippen LogP contribution >= 0.6 is 37.2 Å². The molecule has 130 valence electrons. The smallest absolute Gasteiger partial charge is 0.242 e. The predicted molar refractivity (Wildman–Crippen MR) is 96.9 cm³/mol. The van der Waals surface area contributed by atoms with E-state index in [1.54, 1.807) is 6.20 Å². The zero-order chi connectivity index (χ0) is 13.8. The summed E-state index contributed by atoms with van der Waals surface area (Å²) in [6.07, 6.45) is 1.71. The van der Waals surface area contributed by atoms with E-state index in [-0.39, 0.29) is 55.2 Å². The molecule has 1 aromatic rings. The molecule has 1 unspecified atom stereocenters. The normalized spacial score (nSPS) is 16.0. The Morgan fingerprint density at radius 3 is 2.36 bits per heavy atom. The third-order valence-corrected chi connectivity index (χ3v) is 3.49. The van der Waals surface area contributed by atoms with Crippen molar-refractivity contribution in [3.05, 3.63) is 12.3 Å². The van der Waals surface area contributed by atoms with Gasteiger partial charge in [0.2, 0.25) is 5.91 Å². The van der Waals surface area contributed by atoms with E-state index in [4.69, 9.17) is 0 Å². The number of hydrogen-bond acceptors (Lipinski definition) is 4. The summed E-state index contributed by atoms with van der Waals surface area (Å²) >= 11 is 0. The summed E-state index contributed by atoms with van der Waals surface area (Å²) in [5.74, 6) is 0.797. The first-order valence-electron chi connectivity index (χ1n) is 6.88. The minimum Gasteiger partial charge on any atom is -0.314 e. The SMILES string of the molecule is CC(C(=O)Nc1ccnn1C(C)C)N1CCNCC1.Cl.Cl.Cl. The summed E-state index contributed by atoms with van der Waals surface area (Å²) in [6.45, 7) is 9.76. The zero-order valence-corrected chi connectivity index (χ0v) is 15.6. The predicted octanol–water partition coefficient (Wildman–Crippen LogP) is 1.96. The Kier molecular flexibility index (Phi) is 11.9. The van der Waals surface area contributed by atoms with Gasteiger partial charge in [0, 0.05) is 38.3 Å². The molecule has 22 heavy (non-hydrogen) atoms. The largest absolute Gasteiger partial charge is 0.314 e. The van der Waals surface area contributed by atoms with Gasteiger partial charge in [-0.1, -0.05) is 0 Å². The molecule has 9 heteroatoms. The van der Waals surface area contributed by atoms with E-state index < -0.39 is 0 Å². The Morgan fingerprint density at radius 1 is 1.23 bits per heavy atom. The standard InChI is InChI=1S/C13H23N5O.3ClH/c1-10(2)18-12(4-5-15-18)16-13(19)11(3)17-8-6-14-7-9-17;;;/h4-5,10-11,14H,6-9H2,1-3H3,(H,16,19);3*1H. The molecule has 0 saturated carbocycles. The molecule has 0 aromatic carbocycles. The zero-order valence-electron chi connectivity index (χ0n) is 13.1. The van der Waals surface area contributed by atoms with Gasteiger partial charge in [0.05, 0.1) is 12.2 Å². The second kappa shape index (κ2) is 11.1. The number of carbonyl (C=O) groups excluding carboxylic acids is 1. The third kappa shape index (κ3) is 5.93. The second-order valence-corrected chi connectivity index (χ2v) is 5.21. The quantitative estimate of drug-likeness (QED) is 0.846. The number of nitrogens with one attached hydrogen (secondary N) is 2. The van der Waals surface area contributed by atoms with Crippen molar-refractivity contribution in [1.29, 1.82) is 0 Å². The number of anilines is 1. The number of aromatic nitrogens is 2. The fourth-order valence-electron chi connectivity index (χ4n) is 2.29. The molecule has 2 heterocycles. The van der Waals surface area contributed by atoms with Crippen LogP contribution in [0.2, 0.25) is 0 Å². The Balaban J connectivity index is 0. The maximum atomic E-state index is 12.3. The molecule has 1 aliphatic heterocycles. The molecule has 1 amide bonds. The molecular weight excluding hydrogens is 349 g/mol. The molecule has 0 spiro atoms. The fraction of sp³-hybridized carbons (Fsp3) is 0.692. The van der Waals surface area contributed by atoms with Gasteiger partial charge in [-0.3, -0.25) is 9.69 Å². The van der Waals surface area contributed by atoms with Gasteiger partial charge in [-0.05, 0) is 20.8 Å². The van der Waals surface area contributed by atoms with Crippen molar-refractivity contribution in [3.63, 3.8) is 0 Å². The lowest BCUT2D eigenvalue weighted by atomic mass is 10.2. The number of carbonyl (C=O) groups is 1. The van der Waals surface area contributed by atoms with Gasteiger partial charge in [-0.25, -0.2) is 4.68 Å². The van der Waals surface area contributed by atoms with Crippen LogP contribution in [0.15, 0.2) is 12.3 Å². The van der Waals surface area contributed by atoms with Crippen LogP contribution in [0.3, 0.4) is 0 Å². The number of piperazine rings is 1. The van der Waals surface area contributed by atoms with E-state index >= 15 is 0 Å². The van der Waals surface area contributed by atoms with E-state index in [0.717, 1.165) is 32.0 Å². The van der Waals surface area contributed by atoms with Gasteiger partial charge >= 0.3 is 0 Å². The van der Waals surface area contributed by atoms with Crippen LogP contribution in [0.5, 0.6) is 0 Å². The number of nitrogens with zero attached hydrogens (tertiary/aromatic N) is 3. The summed E-state index contributed by atoms with van der Waals surface area (Å²) in [6, 6.07) is 1.96. The molecule has 2 N–H and O–H groups in total. The molecule has 6 nitrogen and oxygen atoms in total. The molecule has 0 aliphatic carbocycles. The number of amides is 1. The van der Waals surface area contributed by atoms with Crippen molar-refractivity contribution < 1.29 is 4.79 Å². The van der Waals surface area contributed by atoms with Crippen molar-refractivity contribution in [3.8, 4) is 0 Å². The Hall–Kier alpha value is -0.530. The molecule has 1 aliphatic rings. The van der Waals surface area contributed by atoms with Crippen molar-refractivity contribution in [2.45, 2.75) is 32.9 Å². The van der Waals surface area contributed by atoms with Gasteiger partial charge < -0.3 is 10.6 Å². The van der Waals surface area contributed by atoms with Crippen LogP contribution in [0, 0.1) is 0 Å². The number of halogens is 3. The first kappa shape index (κ1) is 23.7. The Morgan fingerprint density at radius 2 is 1.82 bits per heavy atom. The van der Waals surface area contributed by atoms with E-state index in [2.05, 4.69) is 20.6 Å². The van der Waals surface area contributed by atoms with Gasteiger partial charge in [-0.15, -0.1) is 37.2 Å². The number of rotatable bonds is 4. The maximum Gasteiger partial charge on any atom is 0.242 e. The Bertz CT molecular complexity index is 435. The maximum absolute atomic E-state index is 12.3. The van der Waals surface area contributed by atoms with Gasteiger partial charge in [0.1, 0.15) is 5.82 Å². The minimum absolute atomic E-state index is 0. The van der Waals surface area contributed by atoms with Crippen molar-refractivity contribution in [2.24, 2.45) is 0 Å². The topological polar surface area (TPSA) is 62.2 Å². The minimum atomic E-state index is -0.113. The molecule has 1 saturated heterocycles. The average molecular weight is 375 g/mol. The molecule has 0 bridgehead atoms. The van der Waals surface area contributed by atoms with E-state index in [1.807, 2.05) is 31.5 Å².